The van der Waals surface area contributed by atoms with Gasteiger partial charge in [0.25, 0.3) is 5.91 Å². The van der Waals surface area contributed by atoms with Crippen molar-refractivity contribution in [3.63, 3.8) is 0 Å². The molecule has 0 atom stereocenters. The quantitative estimate of drug-likeness (QED) is 0.774. The number of nitrogens with zero attached hydrogens (tertiary/aromatic N) is 3. The SMILES string of the molecule is CCN(C(=O)c1cc(Br)cn1CC)c1ccc(Br)cn1. The third kappa shape index (κ3) is 3.12. The van der Waals surface area contributed by atoms with Gasteiger partial charge in [-0.2, -0.15) is 0 Å². The highest BCUT2D eigenvalue weighted by Crippen LogP contribution is 2.20. The summed E-state index contributed by atoms with van der Waals surface area (Å²) in [7, 11) is 0. The molecule has 2 aromatic rings. The lowest BCUT2D eigenvalue weighted by Crippen LogP contribution is -2.32. The molecule has 2 heterocycles. The number of pyridine rings is 1. The molecular weight excluding hydrogens is 386 g/mol. The van der Waals surface area contributed by atoms with Crippen LogP contribution in [0.1, 0.15) is 24.3 Å². The van der Waals surface area contributed by atoms with Crippen LogP contribution in [-0.4, -0.2) is 22.0 Å². The van der Waals surface area contributed by atoms with Crippen LogP contribution in [0.2, 0.25) is 0 Å². The largest absolute Gasteiger partial charge is 0.343 e. The second kappa shape index (κ2) is 6.54. The number of rotatable bonds is 4. The van der Waals surface area contributed by atoms with Crippen molar-refractivity contribution in [1.29, 1.82) is 0 Å². The number of anilines is 1. The molecule has 4 nitrogen and oxygen atoms in total. The van der Waals surface area contributed by atoms with Gasteiger partial charge in [0, 0.05) is 34.4 Å². The number of hydrogen-bond acceptors (Lipinski definition) is 2. The van der Waals surface area contributed by atoms with Crippen molar-refractivity contribution in [1.82, 2.24) is 9.55 Å². The van der Waals surface area contributed by atoms with Gasteiger partial charge in [-0.1, -0.05) is 0 Å². The van der Waals surface area contributed by atoms with E-state index in [9.17, 15) is 4.79 Å². The van der Waals surface area contributed by atoms with Gasteiger partial charge in [0.05, 0.1) is 0 Å². The molecule has 0 aliphatic carbocycles. The highest BCUT2D eigenvalue weighted by Gasteiger charge is 2.20. The van der Waals surface area contributed by atoms with Gasteiger partial charge in [-0.15, -0.1) is 0 Å². The molecule has 0 N–H and O–H groups in total. The Kier molecular flexibility index (Phi) is 4.99. The number of carbonyl (C=O) groups is 1. The van der Waals surface area contributed by atoms with Gasteiger partial charge in [0.1, 0.15) is 11.5 Å². The molecule has 0 radical (unpaired) electrons. The van der Waals surface area contributed by atoms with E-state index < -0.39 is 0 Å². The summed E-state index contributed by atoms with van der Waals surface area (Å²) >= 11 is 6.76. The van der Waals surface area contributed by atoms with E-state index in [2.05, 4.69) is 36.8 Å². The predicted molar refractivity (Wildman–Crippen MR) is 87.1 cm³/mol. The molecule has 0 bridgehead atoms. The number of hydrogen-bond donors (Lipinski definition) is 0. The monoisotopic (exact) mass is 399 g/mol. The second-order valence-corrected chi connectivity index (χ2v) is 6.04. The highest BCUT2D eigenvalue weighted by molar-refractivity contribution is 9.10. The molecule has 0 aliphatic heterocycles. The van der Waals surface area contributed by atoms with Gasteiger partial charge in [0.2, 0.25) is 0 Å². The van der Waals surface area contributed by atoms with Crippen molar-refractivity contribution in [3.05, 3.63) is 45.2 Å². The van der Waals surface area contributed by atoms with Gasteiger partial charge < -0.3 is 4.57 Å². The molecule has 20 heavy (non-hydrogen) atoms. The van der Waals surface area contributed by atoms with Crippen LogP contribution in [0.15, 0.2) is 39.5 Å². The van der Waals surface area contributed by atoms with E-state index >= 15 is 0 Å². The third-order valence-electron chi connectivity index (χ3n) is 2.97. The summed E-state index contributed by atoms with van der Waals surface area (Å²) < 4.78 is 3.72. The van der Waals surface area contributed by atoms with Gasteiger partial charge in [-0.3, -0.25) is 9.69 Å². The first-order valence-corrected chi connectivity index (χ1v) is 7.94. The molecule has 0 unspecified atom stereocenters. The topological polar surface area (TPSA) is 38.1 Å². The van der Waals surface area contributed by atoms with Gasteiger partial charge in [-0.25, -0.2) is 4.98 Å². The zero-order valence-electron chi connectivity index (χ0n) is 11.3. The minimum atomic E-state index is -0.0464. The lowest BCUT2D eigenvalue weighted by Gasteiger charge is -2.20. The predicted octanol–water partition coefficient (Wildman–Crippen LogP) is 4.09. The Hall–Kier alpha value is -1.14. The average Bonchev–Trinajstić information content (AvgIpc) is 2.82. The van der Waals surface area contributed by atoms with Gasteiger partial charge >= 0.3 is 0 Å². The van der Waals surface area contributed by atoms with Crippen LogP contribution < -0.4 is 4.90 Å². The Morgan fingerprint density at radius 1 is 1.30 bits per heavy atom. The van der Waals surface area contributed by atoms with Crippen molar-refractivity contribution in [3.8, 4) is 0 Å². The summed E-state index contributed by atoms with van der Waals surface area (Å²) in [6.07, 6.45) is 3.61. The lowest BCUT2D eigenvalue weighted by atomic mass is 10.3. The van der Waals surface area contributed by atoms with Crippen molar-refractivity contribution >= 4 is 43.6 Å². The fourth-order valence-corrected chi connectivity index (χ4v) is 2.69. The first kappa shape index (κ1) is 15.3. The van der Waals surface area contributed by atoms with Crippen LogP contribution in [0, 0.1) is 0 Å². The molecule has 0 spiro atoms. The molecular formula is C14H15Br2N3O. The number of aromatic nitrogens is 2. The maximum atomic E-state index is 12.7. The summed E-state index contributed by atoms with van der Waals surface area (Å²) in [6.45, 7) is 5.27. The minimum Gasteiger partial charge on any atom is -0.343 e. The molecule has 1 amide bonds. The Morgan fingerprint density at radius 2 is 2.05 bits per heavy atom. The van der Waals surface area contributed by atoms with E-state index in [1.165, 1.54) is 0 Å². The van der Waals surface area contributed by atoms with Crippen molar-refractivity contribution in [2.24, 2.45) is 0 Å². The summed E-state index contributed by atoms with van der Waals surface area (Å²) in [6, 6.07) is 5.56. The maximum absolute atomic E-state index is 12.7. The standard InChI is InChI=1S/C14H15Br2N3O/c1-3-18-9-11(16)7-12(18)14(20)19(4-2)13-6-5-10(15)8-17-13/h5-9H,3-4H2,1-2H3. The van der Waals surface area contributed by atoms with Crippen molar-refractivity contribution in [2.75, 3.05) is 11.4 Å². The van der Waals surface area contributed by atoms with Crippen LogP contribution >= 0.6 is 31.9 Å². The average molecular weight is 401 g/mol. The second-order valence-electron chi connectivity index (χ2n) is 4.21. The first-order chi connectivity index (χ1) is 9.56. The number of carbonyl (C=O) groups excluding carboxylic acids is 1. The van der Waals surface area contributed by atoms with E-state index in [0.29, 0.717) is 18.1 Å². The Bertz CT molecular complexity index is 607. The Balaban J connectivity index is 2.36. The molecule has 0 fully saturated rings. The summed E-state index contributed by atoms with van der Waals surface area (Å²) in [4.78, 5) is 18.6. The zero-order valence-corrected chi connectivity index (χ0v) is 14.5. The zero-order chi connectivity index (χ0) is 14.7. The number of halogens is 2. The van der Waals surface area contributed by atoms with Gasteiger partial charge in [0.15, 0.2) is 0 Å². The Labute approximate surface area is 135 Å². The minimum absolute atomic E-state index is 0.0464. The van der Waals surface area contributed by atoms with Crippen molar-refractivity contribution in [2.45, 2.75) is 20.4 Å². The van der Waals surface area contributed by atoms with E-state index in [1.54, 1.807) is 11.1 Å². The molecule has 106 valence electrons. The van der Waals surface area contributed by atoms with Crippen molar-refractivity contribution < 1.29 is 4.79 Å². The van der Waals surface area contributed by atoms with E-state index in [-0.39, 0.29) is 5.91 Å². The molecule has 0 aromatic carbocycles. The maximum Gasteiger partial charge on any atom is 0.276 e. The van der Waals surface area contributed by atoms with Crippen LogP contribution in [0.3, 0.4) is 0 Å². The summed E-state index contributed by atoms with van der Waals surface area (Å²) in [5, 5.41) is 0. The summed E-state index contributed by atoms with van der Waals surface area (Å²) in [5.74, 6) is 0.607. The van der Waals surface area contributed by atoms with E-state index in [0.717, 1.165) is 15.5 Å². The number of amides is 1. The first-order valence-electron chi connectivity index (χ1n) is 6.35. The molecule has 0 aliphatic rings. The molecule has 0 saturated heterocycles. The molecule has 0 saturated carbocycles. The van der Waals surface area contributed by atoms with Crippen LogP contribution in [0.4, 0.5) is 5.82 Å². The summed E-state index contributed by atoms with van der Waals surface area (Å²) in [5.41, 5.74) is 0.658. The number of aryl methyl sites for hydroxylation is 1. The van der Waals surface area contributed by atoms with Crippen LogP contribution in [-0.2, 0) is 6.54 Å². The molecule has 6 heteroatoms. The smallest absolute Gasteiger partial charge is 0.276 e. The van der Waals surface area contributed by atoms with Crippen LogP contribution in [0.5, 0.6) is 0 Å². The third-order valence-corrected chi connectivity index (χ3v) is 3.88. The van der Waals surface area contributed by atoms with E-state index in [1.807, 2.05) is 42.8 Å². The van der Waals surface area contributed by atoms with E-state index in [4.69, 9.17) is 0 Å². The Morgan fingerprint density at radius 3 is 2.60 bits per heavy atom. The fraction of sp³-hybridized carbons (Fsp3) is 0.286. The van der Waals surface area contributed by atoms with Crippen LogP contribution in [0.25, 0.3) is 0 Å². The lowest BCUT2D eigenvalue weighted by molar-refractivity contribution is 0.0979. The molecule has 2 aromatic heterocycles. The van der Waals surface area contributed by atoms with Gasteiger partial charge in [-0.05, 0) is 63.9 Å². The highest BCUT2D eigenvalue weighted by atomic mass is 79.9. The fourth-order valence-electron chi connectivity index (χ4n) is 1.99. The normalized spacial score (nSPS) is 10.6. The molecule has 2 rings (SSSR count).